The zero-order chi connectivity index (χ0) is 15.2. The maximum absolute atomic E-state index is 13.7. The van der Waals surface area contributed by atoms with E-state index in [1.54, 1.807) is 24.3 Å². The van der Waals surface area contributed by atoms with Gasteiger partial charge in [-0.2, -0.15) is 0 Å². The molecule has 0 saturated carbocycles. The topological polar surface area (TPSA) is 90.4 Å². The highest BCUT2D eigenvalue weighted by atomic mass is 19.1. The minimum absolute atomic E-state index is 0.135. The molecule has 0 atom stereocenters. The first kappa shape index (κ1) is 14.6. The van der Waals surface area contributed by atoms with Crippen LogP contribution in [0.3, 0.4) is 0 Å². The van der Waals surface area contributed by atoms with Crippen molar-refractivity contribution in [1.82, 2.24) is 0 Å². The predicted octanol–water partition coefficient (Wildman–Crippen LogP) is 2.00. The number of hydrogen-bond donors (Lipinski definition) is 3. The second kappa shape index (κ2) is 6.60. The summed E-state index contributed by atoms with van der Waals surface area (Å²) in [4.78, 5) is 10.9. The second-order valence-electron chi connectivity index (χ2n) is 4.40. The van der Waals surface area contributed by atoms with Gasteiger partial charge in [0.15, 0.2) is 0 Å². The lowest BCUT2D eigenvalue weighted by molar-refractivity contribution is 0.1000. The monoisotopic (exact) mass is 289 g/mol. The van der Waals surface area contributed by atoms with Gasteiger partial charge in [0.25, 0.3) is 0 Å². The minimum Gasteiger partial charge on any atom is -0.492 e. The smallest absolute Gasteiger partial charge is 0.248 e. The van der Waals surface area contributed by atoms with Crippen LogP contribution >= 0.6 is 0 Å². The molecule has 0 aliphatic rings. The van der Waals surface area contributed by atoms with E-state index in [4.69, 9.17) is 16.2 Å². The lowest BCUT2D eigenvalue weighted by Crippen LogP contribution is -2.14. The van der Waals surface area contributed by atoms with Gasteiger partial charge in [-0.3, -0.25) is 4.79 Å². The fraction of sp³-hybridized carbons (Fsp3) is 0.133. The Morgan fingerprint density at radius 3 is 2.52 bits per heavy atom. The molecule has 0 heterocycles. The van der Waals surface area contributed by atoms with Crippen LogP contribution in [-0.2, 0) is 0 Å². The number of ether oxygens (including phenoxy) is 1. The molecule has 0 radical (unpaired) electrons. The van der Waals surface area contributed by atoms with Crippen molar-refractivity contribution < 1.29 is 13.9 Å². The van der Waals surface area contributed by atoms with Gasteiger partial charge in [0.1, 0.15) is 18.2 Å². The van der Waals surface area contributed by atoms with Gasteiger partial charge in [-0.25, -0.2) is 4.39 Å². The number of rotatable bonds is 6. The van der Waals surface area contributed by atoms with Gasteiger partial charge >= 0.3 is 0 Å². The molecule has 2 aromatic rings. The zero-order valence-electron chi connectivity index (χ0n) is 11.3. The van der Waals surface area contributed by atoms with Crippen LogP contribution in [0.2, 0.25) is 0 Å². The molecule has 0 spiro atoms. The number of carbonyl (C=O) groups excluding carboxylic acids is 1. The average Bonchev–Trinajstić information content (AvgIpc) is 2.46. The lowest BCUT2D eigenvalue weighted by atomic mass is 10.2. The highest BCUT2D eigenvalue weighted by molar-refractivity contribution is 5.93. The summed E-state index contributed by atoms with van der Waals surface area (Å²) in [7, 11) is 0. The van der Waals surface area contributed by atoms with Gasteiger partial charge in [-0.15, -0.1) is 0 Å². The summed E-state index contributed by atoms with van der Waals surface area (Å²) in [6.07, 6.45) is 0. The Hall–Kier alpha value is -2.76. The number of anilines is 2. The van der Waals surface area contributed by atoms with Gasteiger partial charge in [0, 0.05) is 17.8 Å². The molecule has 110 valence electrons. The highest BCUT2D eigenvalue weighted by Gasteiger charge is 2.06. The van der Waals surface area contributed by atoms with Crippen LogP contribution in [0.5, 0.6) is 5.75 Å². The van der Waals surface area contributed by atoms with Crippen LogP contribution in [0.15, 0.2) is 42.5 Å². The van der Waals surface area contributed by atoms with Crippen molar-refractivity contribution in [3.8, 4) is 5.75 Å². The Kier molecular flexibility index (Phi) is 4.61. The van der Waals surface area contributed by atoms with Crippen LogP contribution in [0.4, 0.5) is 15.8 Å². The third-order valence-electron chi connectivity index (χ3n) is 2.82. The Morgan fingerprint density at radius 1 is 1.19 bits per heavy atom. The van der Waals surface area contributed by atoms with E-state index in [2.05, 4.69) is 5.32 Å². The van der Waals surface area contributed by atoms with E-state index in [1.807, 2.05) is 0 Å². The molecule has 0 unspecified atom stereocenters. The SMILES string of the molecule is NC(=O)c1ccc(NCCOc2ccc(N)cc2)c(F)c1. The molecule has 5 nitrogen and oxygen atoms in total. The quantitative estimate of drug-likeness (QED) is 0.560. The van der Waals surface area contributed by atoms with Gasteiger partial charge < -0.3 is 21.5 Å². The molecular weight excluding hydrogens is 273 g/mol. The number of nitrogens with one attached hydrogen (secondary N) is 1. The molecule has 2 rings (SSSR count). The van der Waals surface area contributed by atoms with E-state index in [-0.39, 0.29) is 5.56 Å². The Morgan fingerprint density at radius 2 is 1.90 bits per heavy atom. The van der Waals surface area contributed by atoms with Crippen LogP contribution in [0.25, 0.3) is 0 Å². The Bertz CT molecular complexity index is 629. The molecule has 0 aliphatic carbocycles. The number of primary amides is 1. The van der Waals surface area contributed by atoms with Crippen molar-refractivity contribution in [3.05, 3.63) is 53.8 Å². The highest BCUT2D eigenvalue weighted by Crippen LogP contribution is 2.16. The zero-order valence-corrected chi connectivity index (χ0v) is 11.3. The number of amides is 1. The molecule has 0 saturated heterocycles. The van der Waals surface area contributed by atoms with Gasteiger partial charge in [-0.05, 0) is 42.5 Å². The number of benzene rings is 2. The Balaban J connectivity index is 1.83. The van der Waals surface area contributed by atoms with Crippen molar-refractivity contribution in [2.24, 2.45) is 5.73 Å². The van der Waals surface area contributed by atoms with E-state index < -0.39 is 11.7 Å². The van der Waals surface area contributed by atoms with Gasteiger partial charge in [-0.1, -0.05) is 0 Å². The van der Waals surface area contributed by atoms with Crippen LogP contribution in [0.1, 0.15) is 10.4 Å². The van der Waals surface area contributed by atoms with E-state index in [9.17, 15) is 9.18 Å². The van der Waals surface area contributed by atoms with Crippen molar-refractivity contribution in [3.63, 3.8) is 0 Å². The summed E-state index contributed by atoms with van der Waals surface area (Å²) in [5.41, 5.74) is 11.7. The average molecular weight is 289 g/mol. The number of nitrogens with two attached hydrogens (primary N) is 2. The standard InChI is InChI=1S/C15H16FN3O2/c16-13-9-10(15(18)20)1-6-14(13)19-7-8-21-12-4-2-11(17)3-5-12/h1-6,9,19H,7-8,17H2,(H2,18,20). The first-order valence-electron chi connectivity index (χ1n) is 6.38. The summed E-state index contributed by atoms with van der Waals surface area (Å²) in [6.45, 7) is 0.776. The fourth-order valence-corrected chi connectivity index (χ4v) is 1.73. The number of hydrogen-bond acceptors (Lipinski definition) is 4. The molecule has 0 fully saturated rings. The normalized spacial score (nSPS) is 10.1. The molecule has 0 aromatic heterocycles. The van der Waals surface area contributed by atoms with E-state index in [1.165, 1.54) is 12.1 Å². The van der Waals surface area contributed by atoms with E-state index in [0.717, 1.165) is 6.07 Å². The molecule has 5 N–H and O–H groups in total. The maximum Gasteiger partial charge on any atom is 0.248 e. The van der Waals surface area contributed by atoms with E-state index >= 15 is 0 Å². The molecule has 0 aliphatic heterocycles. The van der Waals surface area contributed by atoms with Crippen LogP contribution in [0, 0.1) is 5.82 Å². The molecule has 6 heteroatoms. The van der Waals surface area contributed by atoms with Crippen LogP contribution < -0.4 is 21.5 Å². The van der Waals surface area contributed by atoms with Crippen molar-refractivity contribution in [2.45, 2.75) is 0 Å². The van der Waals surface area contributed by atoms with Crippen molar-refractivity contribution in [2.75, 3.05) is 24.2 Å². The van der Waals surface area contributed by atoms with Crippen molar-refractivity contribution in [1.29, 1.82) is 0 Å². The number of carbonyl (C=O) groups is 1. The molecular formula is C15H16FN3O2. The van der Waals surface area contributed by atoms with Gasteiger partial charge in [0.05, 0.1) is 5.69 Å². The summed E-state index contributed by atoms with van der Waals surface area (Å²) in [5.74, 6) is -0.499. The summed E-state index contributed by atoms with van der Waals surface area (Å²) < 4.78 is 19.2. The maximum atomic E-state index is 13.7. The first-order valence-corrected chi connectivity index (χ1v) is 6.38. The number of nitrogen functional groups attached to an aromatic ring is 1. The molecule has 21 heavy (non-hydrogen) atoms. The predicted molar refractivity (Wildman–Crippen MR) is 79.8 cm³/mol. The largest absolute Gasteiger partial charge is 0.492 e. The second-order valence-corrected chi connectivity index (χ2v) is 4.40. The summed E-state index contributed by atoms with van der Waals surface area (Å²) in [5, 5.41) is 2.88. The molecule has 2 aromatic carbocycles. The van der Waals surface area contributed by atoms with Crippen LogP contribution in [-0.4, -0.2) is 19.1 Å². The lowest BCUT2D eigenvalue weighted by Gasteiger charge is -2.10. The third-order valence-corrected chi connectivity index (χ3v) is 2.82. The number of halogens is 1. The van der Waals surface area contributed by atoms with Crippen molar-refractivity contribution >= 4 is 17.3 Å². The molecule has 0 bridgehead atoms. The molecule has 1 amide bonds. The van der Waals surface area contributed by atoms with Gasteiger partial charge in [0.2, 0.25) is 5.91 Å². The third kappa shape index (κ3) is 4.10. The van der Waals surface area contributed by atoms with E-state index in [0.29, 0.717) is 30.3 Å². The minimum atomic E-state index is -0.660. The summed E-state index contributed by atoms with van der Waals surface area (Å²) >= 11 is 0. The Labute approximate surface area is 121 Å². The fourth-order valence-electron chi connectivity index (χ4n) is 1.73. The first-order chi connectivity index (χ1) is 10.1. The summed E-state index contributed by atoms with van der Waals surface area (Å²) in [6, 6.07) is 11.0.